The van der Waals surface area contributed by atoms with Crippen LogP contribution in [0.1, 0.15) is 31.4 Å². The molecule has 9 heteroatoms. The number of piperidine rings is 1. The Bertz CT molecular complexity index is 1040. The normalized spacial score (nSPS) is 21.5. The van der Waals surface area contributed by atoms with E-state index in [1.807, 2.05) is 31.2 Å². The highest BCUT2D eigenvalue weighted by molar-refractivity contribution is 5.75. The average Bonchev–Trinajstić information content (AvgIpc) is 3.32. The molecule has 1 aliphatic heterocycles. The summed E-state index contributed by atoms with van der Waals surface area (Å²) in [4.78, 5) is 14.1. The number of nitrogens with zero attached hydrogens (tertiary/aromatic N) is 1. The van der Waals surface area contributed by atoms with E-state index in [2.05, 4.69) is 10.2 Å². The molecule has 1 saturated carbocycles. The van der Waals surface area contributed by atoms with Gasteiger partial charge in [-0.3, -0.25) is 4.90 Å². The molecule has 2 aromatic carbocycles. The van der Waals surface area contributed by atoms with E-state index < -0.39 is 23.6 Å². The van der Waals surface area contributed by atoms with E-state index in [1.54, 1.807) is 6.92 Å². The third-order valence-corrected chi connectivity index (χ3v) is 6.98. The zero-order valence-corrected chi connectivity index (χ0v) is 21.4. The predicted octanol–water partition coefficient (Wildman–Crippen LogP) is 4.10. The van der Waals surface area contributed by atoms with Crippen molar-refractivity contribution < 1.29 is 32.2 Å². The van der Waals surface area contributed by atoms with Gasteiger partial charge in [0.25, 0.3) is 0 Å². The zero-order chi connectivity index (χ0) is 26.4. The van der Waals surface area contributed by atoms with Crippen LogP contribution in [0.15, 0.2) is 36.4 Å². The first kappa shape index (κ1) is 27.4. The van der Waals surface area contributed by atoms with Gasteiger partial charge >= 0.3 is 5.97 Å². The Balaban J connectivity index is 1.11. The zero-order valence-electron chi connectivity index (χ0n) is 21.4. The molecular formula is C28H35F3N2O4. The van der Waals surface area contributed by atoms with E-state index in [-0.39, 0.29) is 11.5 Å². The molecule has 0 radical (unpaired) electrons. The number of fused-ring (bicyclic) bond motifs is 1. The molecule has 0 spiro atoms. The first-order chi connectivity index (χ1) is 17.9. The van der Waals surface area contributed by atoms with Crippen LogP contribution in [0.2, 0.25) is 0 Å². The fourth-order valence-electron chi connectivity index (χ4n) is 5.08. The topological polar surface area (TPSA) is 60.0 Å². The highest BCUT2D eigenvalue weighted by atomic mass is 19.2. The summed E-state index contributed by atoms with van der Waals surface area (Å²) in [6, 6.07) is 9.68. The summed E-state index contributed by atoms with van der Waals surface area (Å²) >= 11 is 0. The van der Waals surface area contributed by atoms with Gasteiger partial charge in [0, 0.05) is 50.3 Å². The maximum absolute atomic E-state index is 13.9. The summed E-state index contributed by atoms with van der Waals surface area (Å²) in [5, 5.41) is 3.57. The lowest BCUT2D eigenvalue weighted by Crippen LogP contribution is -2.32. The molecular weight excluding hydrogens is 485 g/mol. The average molecular weight is 521 g/mol. The van der Waals surface area contributed by atoms with Gasteiger partial charge in [0.15, 0.2) is 17.7 Å². The third kappa shape index (κ3) is 7.24. The van der Waals surface area contributed by atoms with Gasteiger partial charge in [-0.25, -0.2) is 18.0 Å². The molecule has 4 rings (SSSR count). The summed E-state index contributed by atoms with van der Waals surface area (Å²) in [7, 11) is 0. The number of hydrogen-bond donors (Lipinski definition) is 1. The van der Waals surface area contributed by atoms with E-state index in [9.17, 15) is 18.0 Å². The second-order valence-corrected chi connectivity index (χ2v) is 9.61. The number of halogens is 3. The molecule has 2 aliphatic rings. The number of nitrogens with one attached hydrogen (secondary N) is 1. The van der Waals surface area contributed by atoms with E-state index in [0.29, 0.717) is 56.7 Å². The Morgan fingerprint density at radius 3 is 2.41 bits per heavy atom. The Morgan fingerprint density at radius 2 is 1.73 bits per heavy atom. The van der Waals surface area contributed by atoms with Crippen LogP contribution >= 0.6 is 0 Å². The third-order valence-electron chi connectivity index (χ3n) is 6.98. The number of hydrogen-bond acceptors (Lipinski definition) is 6. The van der Waals surface area contributed by atoms with Crippen molar-refractivity contribution in [3.8, 4) is 5.75 Å². The molecule has 1 N–H and O–H groups in total. The van der Waals surface area contributed by atoms with Crippen molar-refractivity contribution >= 4 is 5.97 Å². The number of benzene rings is 2. The molecule has 0 aromatic heterocycles. The summed E-state index contributed by atoms with van der Waals surface area (Å²) < 4.78 is 56.9. The molecule has 2 aromatic rings. The molecule has 4 atom stereocenters. The molecule has 1 heterocycles. The van der Waals surface area contributed by atoms with Gasteiger partial charge in [-0.05, 0) is 62.4 Å². The lowest BCUT2D eigenvalue weighted by Gasteiger charge is -2.20. The fraction of sp³-hybridized carbons (Fsp3) is 0.536. The minimum Gasteiger partial charge on any atom is -0.494 e. The highest BCUT2D eigenvalue weighted by Crippen LogP contribution is 2.45. The first-order valence-electron chi connectivity index (χ1n) is 13.0. The Labute approximate surface area is 216 Å². The van der Waals surface area contributed by atoms with Gasteiger partial charge in [-0.15, -0.1) is 0 Å². The summed E-state index contributed by atoms with van der Waals surface area (Å²) in [6.45, 7) is 7.76. The Kier molecular flexibility index (Phi) is 9.45. The van der Waals surface area contributed by atoms with E-state index >= 15 is 0 Å². The van der Waals surface area contributed by atoms with Crippen molar-refractivity contribution in [2.45, 2.75) is 45.4 Å². The number of likely N-dealkylation sites (tertiary alicyclic amines) is 1. The molecule has 202 valence electrons. The van der Waals surface area contributed by atoms with Crippen LogP contribution in [0.3, 0.4) is 0 Å². The number of rotatable bonds is 14. The Hall–Kier alpha value is -2.62. The quantitative estimate of drug-likeness (QED) is 0.230. The Morgan fingerprint density at radius 1 is 1.03 bits per heavy atom. The maximum Gasteiger partial charge on any atom is 0.335 e. The van der Waals surface area contributed by atoms with Crippen LogP contribution in [-0.2, 0) is 27.2 Å². The van der Waals surface area contributed by atoms with Crippen LogP contribution in [0.4, 0.5) is 13.2 Å². The van der Waals surface area contributed by atoms with Crippen molar-refractivity contribution in [2.75, 3.05) is 39.5 Å². The van der Waals surface area contributed by atoms with Gasteiger partial charge in [0.1, 0.15) is 11.6 Å². The van der Waals surface area contributed by atoms with Crippen molar-refractivity contribution in [1.82, 2.24) is 10.2 Å². The van der Waals surface area contributed by atoms with Crippen molar-refractivity contribution in [3.63, 3.8) is 0 Å². The molecule has 1 saturated heterocycles. The van der Waals surface area contributed by atoms with Crippen LogP contribution in [0.25, 0.3) is 0 Å². The number of ether oxygens (including phenoxy) is 3. The van der Waals surface area contributed by atoms with Gasteiger partial charge in [0.2, 0.25) is 0 Å². The highest BCUT2D eigenvalue weighted by Gasteiger charge is 2.55. The largest absolute Gasteiger partial charge is 0.494 e. The second-order valence-electron chi connectivity index (χ2n) is 9.61. The lowest BCUT2D eigenvalue weighted by atomic mass is 10.1. The van der Waals surface area contributed by atoms with Crippen LogP contribution in [-0.4, -0.2) is 62.5 Å². The molecule has 1 aliphatic carbocycles. The molecule has 6 nitrogen and oxygen atoms in total. The summed E-state index contributed by atoms with van der Waals surface area (Å²) in [5.74, 6) is -1.41. The molecule has 37 heavy (non-hydrogen) atoms. The van der Waals surface area contributed by atoms with Crippen molar-refractivity contribution in [2.24, 2.45) is 11.8 Å². The van der Waals surface area contributed by atoms with Crippen LogP contribution in [0, 0.1) is 29.3 Å². The smallest absolute Gasteiger partial charge is 0.335 e. The van der Waals surface area contributed by atoms with E-state index in [1.165, 1.54) is 0 Å². The number of esters is 1. The fourth-order valence-corrected chi connectivity index (χ4v) is 5.08. The summed E-state index contributed by atoms with van der Waals surface area (Å²) in [6.07, 6.45) is 0.702. The van der Waals surface area contributed by atoms with Gasteiger partial charge in [-0.1, -0.05) is 12.1 Å². The SMILES string of the molecule is CCOC(=O)[C@H](Cc1ccc(OCCCN[C@@H]2C3CN(Cc4cc(F)c(F)cc4F)C[C@H]32)cc1)OCC. The van der Waals surface area contributed by atoms with E-state index in [0.717, 1.165) is 43.4 Å². The van der Waals surface area contributed by atoms with Crippen molar-refractivity contribution in [3.05, 3.63) is 65.0 Å². The van der Waals surface area contributed by atoms with Gasteiger partial charge in [-0.2, -0.15) is 0 Å². The predicted molar refractivity (Wildman–Crippen MR) is 133 cm³/mol. The molecule has 0 bridgehead atoms. The number of carbonyl (C=O) groups is 1. The minimum atomic E-state index is -1.16. The summed E-state index contributed by atoms with van der Waals surface area (Å²) in [5.41, 5.74) is 1.17. The maximum atomic E-state index is 13.9. The standard InChI is InChI=1S/C28H35F3N2O4/c1-3-35-26(28(34)36-4-2)12-18-6-8-20(9-7-18)37-11-5-10-32-27-21-16-33(17-22(21)27)15-19-13-24(30)25(31)14-23(19)29/h6-9,13-14,21-22,26-27,32H,3-5,10-12,15-17H2,1-2H3/t21-,22?,26+,27+/m1/s1. The van der Waals surface area contributed by atoms with Crippen molar-refractivity contribution in [1.29, 1.82) is 0 Å². The monoisotopic (exact) mass is 520 g/mol. The number of carbonyl (C=O) groups excluding carboxylic acids is 1. The molecule has 2 fully saturated rings. The van der Waals surface area contributed by atoms with Crippen LogP contribution < -0.4 is 10.1 Å². The minimum absolute atomic E-state index is 0.197. The van der Waals surface area contributed by atoms with Gasteiger partial charge in [0.05, 0.1) is 13.2 Å². The van der Waals surface area contributed by atoms with Crippen LogP contribution in [0.5, 0.6) is 5.75 Å². The first-order valence-corrected chi connectivity index (χ1v) is 13.0. The molecule has 1 unspecified atom stereocenters. The van der Waals surface area contributed by atoms with E-state index in [4.69, 9.17) is 14.2 Å². The van der Waals surface area contributed by atoms with Gasteiger partial charge < -0.3 is 19.5 Å². The second kappa shape index (κ2) is 12.8. The lowest BCUT2D eigenvalue weighted by molar-refractivity contribution is -0.156. The molecule has 0 amide bonds.